The number of nitrogens with zero attached hydrogens (tertiary/aromatic N) is 3. The van der Waals surface area contributed by atoms with Crippen LogP contribution in [0.1, 0.15) is 24.2 Å². The summed E-state index contributed by atoms with van der Waals surface area (Å²) in [5.74, 6) is -0.0649. The lowest BCUT2D eigenvalue weighted by molar-refractivity contribution is 0.0929. The maximum Gasteiger partial charge on any atom is 0.254 e. The minimum Gasteiger partial charge on any atom is -0.351 e. The Morgan fingerprint density at radius 1 is 1.53 bits per heavy atom. The molecule has 5 nitrogen and oxygen atoms in total. The second kappa shape index (κ2) is 5.31. The first-order valence-corrected chi connectivity index (χ1v) is 5.72. The Balaban J connectivity index is 2.48. The van der Waals surface area contributed by atoms with Gasteiger partial charge < -0.3 is 10.2 Å². The van der Waals surface area contributed by atoms with Crippen molar-refractivity contribution in [2.75, 3.05) is 27.2 Å². The van der Waals surface area contributed by atoms with Crippen molar-refractivity contribution in [3.05, 3.63) is 18.0 Å². The normalized spacial score (nSPS) is 11.9. The van der Waals surface area contributed by atoms with Gasteiger partial charge in [-0.3, -0.25) is 9.48 Å². The van der Waals surface area contributed by atoms with E-state index in [-0.39, 0.29) is 11.3 Å². The van der Waals surface area contributed by atoms with Crippen LogP contribution in [-0.4, -0.2) is 47.8 Å². The van der Waals surface area contributed by atoms with E-state index < -0.39 is 0 Å². The van der Waals surface area contributed by atoms with Crippen molar-refractivity contribution in [3.8, 4) is 0 Å². The molecule has 1 heterocycles. The lowest BCUT2D eigenvalue weighted by atomic mass is 9.93. The van der Waals surface area contributed by atoms with Gasteiger partial charge in [-0.25, -0.2) is 0 Å². The average molecular weight is 238 g/mol. The first-order valence-electron chi connectivity index (χ1n) is 5.72. The zero-order chi connectivity index (χ0) is 13.1. The van der Waals surface area contributed by atoms with E-state index in [0.29, 0.717) is 12.1 Å². The second-order valence-corrected chi connectivity index (χ2v) is 5.49. The second-order valence-electron chi connectivity index (χ2n) is 5.49. The van der Waals surface area contributed by atoms with Crippen molar-refractivity contribution in [2.24, 2.45) is 12.5 Å². The summed E-state index contributed by atoms with van der Waals surface area (Å²) < 4.78 is 1.62. The minimum atomic E-state index is -0.0649. The Labute approximate surface area is 103 Å². The molecule has 1 N–H and O–H groups in total. The van der Waals surface area contributed by atoms with E-state index in [2.05, 4.69) is 29.2 Å². The molecular weight excluding hydrogens is 216 g/mol. The van der Waals surface area contributed by atoms with Gasteiger partial charge in [0.2, 0.25) is 0 Å². The molecule has 1 aromatic heterocycles. The molecule has 5 heteroatoms. The molecule has 0 saturated carbocycles. The summed E-state index contributed by atoms with van der Waals surface area (Å²) in [4.78, 5) is 13.9. The number of aryl methyl sites for hydroxylation is 1. The van der Waals surface area contributed by atoms with Gasteiger partial charge in [-0.1, -0.05) is 13.8 Å². The van der Waals surface area contributed by atoms with Crippen LogP contribution in [0, 0.1) is 5.41 Å². The van der Waals surface area contributed by atoms with Gasteiger partial charge in [-0.15, -0.1) is 0 Å². The topological polar surface area (TPSA) is 50.2 Å². The molecule has 0 aliphatic carbocycles. The molecule has 0 aliphatic heterocycles. The van der Waals surface area contributed by atoms with Crippen LogP contribution in [-0.2, 0) is 7.05 Å². The van der Waals surface area contributed by atoms with Crippen LogP contribution in [0.25, 0.3) is 0 Å². The van der Waals surface area contributed by atoms with Crippen molar-refractivity contribution >= 4 is 5.91 Å². The molecule has 0 fully saturated rings. The number of hydrogen-bond acceptors (Lipinski definition) is 3. The van der Waals surface area contributed by atoms with Gasteiger partial charge >= 0.3 is 0 Å². The van der Waals surface area contributed by atoms with E-state index in [1.54, 1.807) is 24.1 Å². The quantitative estimate of drug-likeness (QED) is 0.823. The van der Waals surface area contributed by atoms with Gasteiger partial charge in [0.05, 0.1) is 11.8 Å². The molecule has 96 valence electrons. The lowest BCUT2D eigenvalue weighted by Crippen LogP contribution is -2.39. The van der Waals surface area contributed by atoms with E-state index in [0.717, 1.165) is 6.54 Å². The van der Waals surface area contributed by atoms with Crippen LogP contribution in [0.15, 0.2) is 12.4 Å². The van der Waals surface area contributed by atoms with Gasteiger partial charge in [-0.05, 0) is 19.5 Å². The fourth-order valence-corrected chi connectivity index (χ4v) is 1.87. The number of nitrogens with one attached hydrogen (secondary N) is 1. The highest BCUT2D eigenvalue weighted by Gasteiger charge is 2.20. The molecule has 1 aromatic rings. The van der Waals surface area contributed by atoms with Crippen LogP contribution in [0.3, 0.4) is 0 Å². The van der Waals surface area contributed by atoms with Crippen LogP contribution >= 0.6 is 0 Å². The minimum absolute atomic E-state index is 0.0569. The Hall–Kier alpha value is -1.36. The summed E-state index contributed by atoms with van der Waals surface area (Å²) in [6.07, 6.45) is 3.29. The number of aromatic nitrogens is 2. The smallest absolute Gasteiger partial charge is 0.254 e. The van der Waals surface area contributed by atoms with Crippen molar-refractivity contribution in [1.82, 2.24) is 20.0 Å². The van der Waals surface area contributed by atoms with Crippen LogP contribution < -0.4 is 5.32 Å². The molecule has 0 unspecified atom stereocenters. The standard InChI is InChI=1S/C12H22N4O/c1-12(2,9-15(3)4)8-13-11(17)10-6-14-16(5)7-10/h6-7H,8-9H2,1-5H3,(H,13,17). The summed E-state index contributed by atoms with van der Waals surface area (Å²) in [6, 6.07) is 0. The molecule has 1 amide bonds. The molecule has 0 atom stereocenters. The number of carbonyl (C=O) groups excluding carboxylic acids is 1. The molecule has 0 radical (unpaired) electrons. The molecule has 0 aliphatic rings. The molecule has 0 bridgehead atoms. The molecule has 17 heavy (non-hydrogen) atoms. The fourth-order valence-electron chi connectivity index (χ4n) is 1.87. The molecule has 0 aromatic carbocycles. The van der Waals surface area contributed by atoms with Gasteiger partial charge in [-0.2, -0.15) is 5.10 Å². The van der Waals surface area contributed by atoms with Gasteiger partial charge in [0.1, 0.15) is 0 Å². The molecular formula is C12H22N4O. The Bertz CT molecular complexity index is 382. The highest BCUT2D eigenvalue weighted by Crippen LogP contribution is 2.14. The third-order valence-corrected chi connectivity index (χ3v) is 2.44. The average Bonchev–Trinajstić information content (AvgIpc) is 2.59. The lowest BCUT2D eigenvalue weighted by Gasteiger charge is -2.28. The third kappa shape index (κ3) is 4.56. The summed E-state index contributed by atoms with van der Waals surface area (Å²) in [7, 11) is 5.86. The van der Waals surface area contributed by atoms with Crippen LogP contribution in [0.4, 0.5) is 0 Å². The number of rotatable bonds is 5. The zero-order valence-corrected chi connectivity index (χ0v) is 11.3. The predicted octanol–water partition coefficient (Wildman–Crippen LogP) is 0.738. The molecule has 0 saturated heterocycles. The Morgan fingerprint density at radius 2 is 2.18 bits per heavy atom. The van der Waals surface area contributed by atoms with E-state index in [1.807, 2.05) is 14.1 Å². The van der Waals surface area contributed by atoms with Gasteiger partial charge in [0, 0.05) is 26.3 Å². The maximum absolute atomic E-state index is 11.8. The van der Waals surface area contributed by atoms with Gasteiger partial charge in [0.15, 0.2) is 0 Å². The van der Waals surface area contributed by atoms with Crippen LogP contribution in [0.5, 0.6) is 0 Å². The third-order valence-electron chi connectivity index (χ3n) is 2.44. The highest BCUT2D eigenvalue weighted by atomic mass is 16.1. The number of amides is 1. The molecule has 0 spiro atoms. The number of carbonyl (C=O) groups is 1. The van der Waals surface area contributed by atoms with Crippen molar-refractivity contribution in [1.29, 1.82) is 0 Å². The number of hydrogen-bond donors (Lipinski definition) is 1. The van der Waals surface area contributed by atoms with Crippen molar-refractivity contribution in [2.45, 2.75) is 13.8 Å². The summed E-state index contributed by atoms with van der Waals surface area (Å²) in [5.41, 5.74) is 0.662. The first-order chi connectivity index (χ1) is 7.80. The monoisotopic (exact) mass is 238 g/mol. The maximum atomic E-state index is 11.8. The van der Waals surface area contributed by atoms with E-state index in [1.165, 1.54) is 0 Å². The van der Waals surface area contributed by atoms with E-state index in [4.69, 9.17) is 0 Å². The Kier molecular flexibility index (Phi) is 4.28. The zero-order valence-electron chi connectivity index (χ0n) is 11.3. The SMILES string of the molecule is CN(C)CC(C)(C)CNC(=O)c1cnn(C)c1. The van der Waals surface area contributed by atoms with Crippen molar-refractivity contribution in [3.63, 3.8) is 0 Å². The van der Waals surface area contributed by atoms with E-state index >= 15 is 0 Å². The largest absolute Gasteiger partial charge is 0.351 e. The first kappa shape index (κ1) is 13.7. The molecule has 1 rings (SSSR count). The Morgan fingerprint density at radius 3 is 2.65 bits per heavy atom. The summed E-state index contributed by atoms with van der Waals surface area (Å²) in [6.45, 7) is 5.85. The van der Waals surface area contributed by atoms with E-state index in [9.17, 15) is 4.79 Å². The highest BCUT2D eigenvalue weighted by molar-refractivity contribution is 5.93. The van der Waals surface area contributed by atoms with Crippen molar-refractivity contribution < 1.29 is 4.79 Å². The predicted molar refractivity (Wildman–Crippen MR) is 67.9 cm³/mol. The fraction of sp³-hybridized carbons (Fsp3) is 0.667. The van der Waals surface area contributed by atoms with Crippen LogP contribution in [0.2, 0.25) is 0 Å². The van der Waals surface area contributed by atoms with Gasteiger partial charge in [0.25, 0.3) is 5.91 Å². The summed E-state index contributed by atoms with van der Waals surface area (Å²) in [5, 5.41) is 6.92. The summed E-state index contributed by atoms with van der Waals surface area (Å²) >= 11 is 0.